The zero-order valence-electron chi connectivity index (χ0n) is 9.29. The van der Waals surface area contributed by atoms with Gasteiger partial charge in [-0.15, -0.1) is 0 Å². The lowest BCUT2D eigenvalue weighted by Crippen LogP contribution is -2.39. The van der Waals surface area contributed by atoms with Gasteiger partial charge in [-0.05, 0) is 28.1 Å². The van der Waals surface area contributed by atoms with Crippen LogP contribution in [0.1, 0.15) is 10.4 Å². The van der Waals surface area contributed by atoms with E-state index in [4.69, 9.17) is 4.74 Å². The molecule has 17 heavy (non-hydrogen) atoms. The Kier molecular flexibility index (Phi) is 4.25. The molecule has 1 aromatic rings. The summed E-state index contributed by atoms with van der Waals surface area (Å²) in [5.74, 6) is -0.462. The van der Waals surface area contributed by atoms with Crippen LogP contribution in [0, 0.1) is 5.82 Å². The van der Waals surface area contributed by atoms with Crippen molar-refractivity contribution in [3.05, 3.63) is 34.1 Å². The van der Waals surface area contributed by atoms with Crippen LogP contribution < -0.4 is 0 Å². The Morgan fingerprint density at radius 1 is 1.41 bits per heavy atom. The van der Waals surface area contributed by atoms with Gasteiger partial charge in [0.25, 0.3) is 0 Å². The summed E-state index contributed by atoms with van der Waals surface area (Å²) in [6.07, 6.45) is 0. The number of hydrogen-bond acceptors (Lipinski definition) is 3. The van der Waals surface area contributed by atoms with Crippen molar-refractivity contribution in [1.29, 1.82) is 0 Å². The molecule has 92 valence electrons. The molecule has 5 heteroatoms. The fourth-order valence-corrected chi connectivity index (χ4v) is 1.97. The quantitative estimate of drug-likeness (QED) is 0.801. The minimum Gasteiger partial charge on any atom is -0.379 e. The van der Waals surface area contributed by atoms with Gasteiger partial charge in [0.1, 0.15) is 5.82 Å². The summed E-state index contributed by atoms with van der Waals surface area (Å²) in [6, 6.07) is 4.46. The molecule has 0 bridgehead atoms. The van der Waals surface area contributed by atoms with E-state index in [1.807, 2.05) is 4.90 Å². The minimum atomic E-state index is -0.405. The van der Waals surface area contributed by atoms with Gasteiger partial charge < -0.3 is 4.74 Å². The largest absolute Gasteiger partial charge is 0.379 e. The zero-order chi connectivity index (χ0) is 12.3. The minimum absolute atomic E-state index is 0.0571. The van der Waals surface area contributed by atoms with Crippen molar-refractivity contribution < 1.29 is 13.9 Å². The highest BCUT2D eigenvalue weighted by Crippen LogP contribution is 2.17. The summed E-state index contributed by atoms with van der Waals surface area (Å²) >= 11 is 3.06. The van der Waals surface area contributed by atoms with Crippen LogP contribution in [0.25, 0.3) is 0 Å². The maximum Gasteiger partial charge on any atom is 0.176 e. The van der Waals surface area contributed by atoms with Crippen LogP contribution in [0.4, 0.5) is 4.39 Å². The summed E-state index contributed by atoms with van der Waals surface area (Å²) < 4.78 is 18.9. The molecule has 0 radical (unpaired) electrons. The maximum atomic E-state index is 13.3. The second kappa shape index (κ2) is 5.71. The van der Waals surface area contributed by atoms with Gasteiger partial charge >= 0.3 is 0 Å². The second-order valence-electron chi connectivity index (χ2n) is 3.94. The number of ether oxygens (including phenoxy) is 1. The van der Waals surface area contributed by atoms with Crippen LogP contribution in [0.5, 0.6) is 0 Å². The lowest BCUT2D eigenvalue weighted by molar-refractivity contribution is 0.0371. The molecule has 1 saturated heterocycles. The predicted molar refractivity (Wildman–Crippen MR) is 65.7 cm³/mol. The Morgan fingerprint density at radius 3 is 2.76 bits per heavy atom. The predicted octanol–water partition coefficient (Wildman–Crippen LogP) is 2.10. The molecule has 0 saturated carbocycles. The molecule has 3 nitrogen and oxygen atoms in total. The number of Topliss-reactive ketones (excluding diaryl/α,β-unsaturated/α-hetero) is 1. The molecular formula is C12H13BrFNO2. The van der Waals surface area contributed by atoms with Crippen molar-refractivity contribution in [2.24, 2.45) is 0 Å². The first kappa shape index (κ1) is 12.7. The van der Waals surface area contributed by atoms with Crippen molar-refractivity contribution in [2.75, 3.05) is 32.8 Å². The van der Waals surface area contributed by atoms with E-state index in [2.05, 4.69) is 15.9 Å². The third kappa shape index (κ3) is 3.34. The molecule has 0 atom stereocenters. The Labute approximate surface area is 108 Å². The standard InChI is InChI=1S/C12H13BrFNO2/c13-10-2-1-9(7-11(10)14)12(16)8-15-3-5-17-6-4-15/h1-2,7H,3-6,8H2. The second-order valence-corrected chi connectivity index (χ2v) is 4.79. The highest BCUT2D eigenvalue weighted by molar-refractivity contribution is 9.10. The Morgan fingerprint density at radius 2 is 2.12 bits per heavy atom. The molecule has 1 aliphatic rings. The van der Waals surface area contributed by atoms with Crippen LogP contribution in [0.15, 0.2) is 22.7 Å². The van der Waals surface area contributed by atoms with Crippen LogP contribution in [0.3, 0.4) is 0 Å². The van der Waals surface area contributed by atoms with E-state index in [-0.39, 0.29) is 5.78 Å². The molecule has 0 unspecified atom stereocenters. The fraction of sp³-hybridized carbons (Fsp3) is 0.417. The van der Waals surface area contributed by atoms with Gasteiger partial charge in [-0.1, -0.05) is 6.07 Å². The van der Waals surface area contributed by atoms with Gasteiger partial charge in [-0.3, -0.25) is 9.69 Å². The fourth-order valence-electron chi connectivity index (χ4n) is 1.72. The van der Waals surface area contributed by atoms with Gasteiger partial charge in [0, 0.05) is 18.7 Å². The molecule has 0 aliphatic carbocycles. The number of morpholine rings is 1. The Hall–Kier alpha value is -0.780. The van der Waals surface area contributed by atoms with Crippen molar-refractivity contribution in [3.63, 3.8) is 0 Å². The number of benzene rings is 1. The first-order chi connectivity index (χ1) is 8.16. The monoisotopic (exact) mass is 301 g/mol. The molecule has 0 amide bonds. The lowest BCUT2D eigenvalue weighted by Gasteiger charge is -2.25. The normalized spacial score (nSPS) is 17.1. The summed E-state index contributed by atoms with van der Waals surface area (Å²) in [5, 5.41) is 0. The number of ketones is 1. The van der Waals surface area contributed by atoms with E-state index >= 15 is 0 Å². The SMILES string of the molecule is O=C(CN1CCOCC1)c1ccc(Br)c(F)c1. The van der Waals surface area contributed by atoms with Gasteiger partial charge in [0.2, 0.25) is 0 Å². The number of hydrogen-bond donors (Lipinski definition) is 0. The topological polar surface area (TPSA) is 29.5 Å². The van der Waals surface area contributed by atoms with E-state index in [0.717, 1.165) is 13.1 Å². The number of halogens is 2. The number of carbonyl (C=O) groups is 1. The Bertz CT molecular complexity index is 419. The van der Waals surface area contributed by atoms with E-state index in [9.17, 15) is 9.18 Å². The van der Waals surface area contributed by atoms with E-state index in [1.54, 1.807) is 12.1 Å². The smallest absolute Gasteiger partial charge is 0.176 e. The highest BCUT2D eigenvalue weighted by atomic mass is 79.9. The summed E-state index contributed by atoms with van der Waals surface area (Å²) in [5.41, 5.74) is 0.414. The third-order valence-corrected chi connectivity index (χ3v) is 3.36. The molecule has 2 rings (SSSR count). The average Bonchev–Trinajstić information content (AvgIpc) is 2.34. The van der Waals surface area contributed by atoms with Crippen molar-refractivity contribution >= 4 is 21.7 Å². The van der Waals surface area contributed by atoms with Gasteiger partial charge in [0.15, 0.2) is 5.78 Å². The molecule has 1 aliphatic heterocycles. The van der Waals surface area contributed by atoms with Crippen molar-refractivity contribution in [1.82, 2.24) is 4.90 Å². The first-order valence-corrected chi connectivity index (χ1v) is 6.24. The van der Waals surface area contributed by atoms with Gasteiger partial charge in [-0.25, -0.2) is 4.39 Å². The summed E-state index contributed by atoms with van der Waals surface area (Å²) in [4.78, 5) is 13.9. The van der Waals surface area contributed by atoms with Gasteiger partial charge in [-0.2, -0.15) is 0 Å². The van der Waals surface area contributed by atoms with E-state index in [0.29, 0.717) is 29.8 Å². The molecule has 1 fully saturated rings. The van der Waals surface area contributed by atoms with Crippen molar-refractivity contribution in [3.8, 4) is 0 Å². The van der Waals surface area contributed by atoms with E-state index in [1.165, 1.54) is 6.07 Å². The highest BCUT2D eigenvalue weighted by Gasteiger charge is 2.16. The molecular weight excluding hydrogens is 289 g/mol. The number of carbonyl (C=O) groups excluding carboxylic acids is 1. The summed E-state index contributed by atoms with van der Waals surface area (Å²) in [6.45, 7) is 3.14. The van der Waals surface area contributed by atoms with Crippen molar-refractivity contribution in [2.45, 2.75) is 0 Å². The Balaban J connectivity index is 2.01. The molecule has 0 aromatic heterocycles. The summed E-state index contributed by atoms with van der Waals surface area (Å²) in [7, 11) is 0. The van der Waals surface area contributed by atoms with Crippen LogP contribution in [0.2, 0.25) is 0 Å². The van der Waals surface area contributed by atoms with Crippen LogP contribution in [-0.2, 0) is 4.74 Å². The lowest BCUT2D eigenvalue weighted by atomic mass is 10.1. The molecule has 0 spiro atoms. The third-order valence-electron chi connectivity index (χ3n) is 2.71. The van der Waals surface area contributed by atoms with E-state index < -0.39 is 5.82 Å². The van der Waals surface area contributed by atoms with Crippen LogP contribution >= 0.6 is 15.9 Å². The zero-order valence-corrected chi connectivity index (χ0v) is 10.9. The average molecular weight is 302 g/mol. The number of nitrogens with zero attached hydrogens (tertiary/aromatic N) is 1. The van der Waals surface area contributed by atoms with Gasteiger partial charge in [0.05, 0.1) is 24.2 Å². The molecule has 0 N–H and O–H groups in total. The molecule has 1 aromatic carbocycles. The van der Waals surface area contributed by atoms with Crippen LogP contribution in [-0.4, -0.2) is 43.5 Å². The molecule has 1 heterocycles. The number of rotatable bonds is 3. The maximum absolute atomic E-state index is 13.3. The first-order valence-electron chi connectivity index (χ1n) is 5.45.